The minimum atomic E-state index is 0.165. The van der Waals surface area contributed by atoms with E-state index in [1.165, 1.54) is 0 Å². The highest BCUT2D eigenvalue weighted by atomic mass is 79.9. The van der Waals surface area contributed by atoms with Crippen LogP contribution < -0.4 is 10.1 Å². The van der Waals surface area contributed by atoms with Crippen molar-refractivity contribution in [2.45, 2.75) is 19.5 Å². The van der Waals surface area contributed by atoms with Crippen molar-refractivity contribution in [1.29, 1.82) is 0 Å². The third kappa shape index (κ3) is 4.36. The average molecular weight is 389 g/mol. The zero-order valence-corrected chi connectivity index (χ0v) is 14.9. The maximum atomic E-state index is 6.06. The lowest BCUT2D eigenvalue weighted by Gasteiger charge is -2.16. The molecule has 1 atom stereocenters. The molecule has 0 aliphatic carbocycles. The van der Waals surface area contributed by atoms with Crippen molar-refractivity contribution in [1.82, 2.24) is 5.32 Å². The van der Waals surface area contributed by atoms with Crippen LogP contribution in [-0.2, 0) is 6.54 Å². The van der Waals surface area contributed by atoms with Gasteiger partial charge in [-0.3, -0.25) is 0 Å². The Morgan fingerprint density at radius 3 is 2.57 bits per heavy atom. The minimum absolute atomic E-state index is 0.165. The third-order valence-corrected chi connectivity index (χ3v) is 4.81. The molecule has 0 aromatic heterocycles. The first-order chi connectivity index (χ1) is 10.0. The fraction of sp³-hybridized carbons (Fsp3) is 0.250. The Labute approximate surface area is 143 Å². The molecule has 2 aromatic rings. The molecule has 2 rings (SSSR count). The van der Waals surface area contributed by atoms with Crippen LogP contribution in [0.5, 0.6) is 5.75 Å². The molecule has 0 saturated carbocycles. The Hall–Kier alpha value is -0.740. The maximum absolute atomic E-state index is 6.06. The van der Waals surface area contributed by atoms with E-state index in [1.807, 2.05) is 36.4 Å². The van der Waals surface area contributed by atoms with Gasteiger partial charge in [0.25, 0.3) is 0 Å². The highest BCUT2D eigenvalue weighted by Gasteiger charge is 2.09. The molecule has 1 unspecified atom stereocenters. The van der Waals surface area contributed by atoms with Gasteiger partial charge in [-0.25, -0.2) is 0 Å². The maximum Gasteiger partial charge on any atom is 0.119 e. The van der Waals surface area contributed by atoms with Gasteiger partial charge in [0.2, 0.25) is 0 Å². The van der Waals surface area contributed by atoms with Gasteiger partial charge in [-0.15, -0.1) is 0 Å². The summed E-state index contributed by atoms with van der Waals surface area (Å²) in [5, 5.41) is 4.61. The molecule has 0 heterocycles. The molecule has 0 aliphatic heterocycles. The van der Waals surface area contributed by atoms with Gasteiger partial charge >= 0.3 is 0 Å². The molecule has 112 valence electrons. The third-order valence-electron chi connectivity index (χ3n) is 3.30. The largest absolute Gasteiger partial charge is 0.497 e. The number of methoxy groups -OCH3 is 1. The van der Waals surface area contributed by atoms with Gasteiger partial charge in [-0.2, -0.15) is 0 Å². The van der Waals surface area contributed by atoms with E-state index < -0.39 is 0 Å². The molecule has 2 aromatic carbocycles. The number of ether oxygens (including phenoxy) is 1. The van der Waals surface area contributed by atoms with E-state index in [1.54, 1.807) is 7.11 Å². The first-order valence-electron chi connectivity index (χ1n) is 6.52. The fourth-order valence-electron chi connectivity index (χ4n) is 1.98. The highest BCUT2D eigenvalue weighted by Crippen LogP contribution is 2.27. The molecular weight excluding hydrogens is 373 g/mol. The Kier molecular flexibility index (Phi) is 5.94. The van der Waals surface area contributed by atoms with Crippen LogP contribution in [0.25, 0.3) is 0 Å². The number of hydrogen-bond donors (Lipinski definition) is 1. The lowest BCUT2D eigenvalue weighted by atomic mass is 10.1. The molecule has 0 bridgehead atoms. The van der Waals surface area contributed by atoms with Gasteiger partial charge in [0.1, 0.15) is 5.75 Å². The van der Waals surface area contributed by atoms with Gasteiger partial charge in [0.05, 0.1) is 17.2 Å². The van der Waals surface area contributed by atoms with Crippen LogP contribution in [0.15, 0.2) is 40.9 Å². The lowest BCUT2D eigenvalue weighted by Crippen LogP contribution is -2.18. The topological polar surface area (TPSA) is 21.3 Å². The highest BCUT2D eigenvalue weighted by molar-refractivity contribution is 9.10. The van der Waals surface area contributed by atoms with Gasteiger partial charge in [0.15, 0.2) is 0 Å². The van der Waals surface area contributed by atoms with E-state index in [2.05, 4.69) is 28.2 Å². The molecule has 0 spiro atoms. The first-order valence-corrected chi connectivity index (χ1v) is 8.07. The van der Waals surface area contributed by atoms with Crippen LogP contribution in [0, 0.1) is 0 Å². The number of hydrogen-bond acceptors (Lipinski definition) is 2. The second kappa shape index (κ2) is 7.50. The zero-order chi connectivity index (χ0) is 15.4. The molecule has 0 aliphatic rings. The van der Waals surface area contributed by atoms with Crippen molar-refractivity contribution in [3.8, 4) is 5.75 Å². The summed E-state index contributed by atoms with van der Waals surface area (Å²) in [6.45, 7) is 2.81. The van der Waals surface area contributed by atoms with Crippen molar-refractivity contribution in [3.63, 3.8) is 0 Å². The molecule has 5 heteroatoms. The quantitative estimate of drug-likeness (QED) is 0.718. The Morgan fingerprint density at radius 2 is 1.90 bits per heavy atom. The SMILES string of the molecule is COc1ccc(Br)c(CNC(C)c2ccc(Cl)c(Cl)c2)c1. The van der Waals surface area contributed by atoms with E-state index in [0.717, 1.165) is 27.9 Å². The van der Waals surface area contributed by atoms with E-state index >= 15 is 0 Å². The van der Waals surface area contributed by atoms with E-state index in [9.17, 15) is 0 Å². The van der Waals surface area contributed by atoms with E-state index in [0.29, 0.717) is 10.0 Å². The Bertz CT molecular complexity index is 634. The monoisotopic (exact) mass is 387 g/mol. The first kappa shape index (κ1) is 16.6. The summed E-state index contributed by atoms with van der Waals surface area (Å²) in [4.78, 5) is 0. The zero-order valence-electron chi connectivity index (χ0n) is 11.8. The van der Waals surface area contributed by atoms with Crippen molar-refractivity contribution in [2.75, 3.05) is 7.11 Å². The summed E-state index contributed by atoms with van der Waals surface area (Å²) in [7, 11) is 1.67. The molecular formula is C16H16BrCl2NO. The van der Waals surface area contributed by atoms with Crippen LogP contribution in [-0.4, -0.2) is 7.11 Å². The van der Waals surface area contributed by atoms with Crippen LogP contribution >= 0.6 is 39.1 Å². The van der Waals surface area contributed by atoms with Crippen LogP contribution in [0.3, 0.4) is 0 Å². The predicted molar refractivity (Wildman–Crippen MR) is 92.4 cm³/mol. The summed E-state index contributed by atoms with van der Waals surface area (Å²) in [6.07, 6.45) is 0. The Balaban J connectivity index is 2.06. The van der Waals surface area contributed by atoms with Crippen molar-refractivity contribution in [2.24, 2.45) is 0 Å². The normalized spacial score (nSPS) is 12.2. The van der Waals surface area contributed by atoms with Crippen molar-refractivity contribution < 1.29 is 4.74 Å². The summed E-state index contributed by atoms with van der Waals surface area (Å²) in [5.41, 5.74) is 2.24. The van der Waals surface area contributed by atoms with Crippen molar-refractivity contribution in [3.05, 3.63) is 62.0 Å². The molecule has 0 amide bonds. The molecule has 1 N–H and O–H groups in total. The van der Waals surface area contributed by atoms with Crippen LogP contribution in [0.1, 0.15) is 24.1 Å². The summed E-state index contributed by atoms with van der Waals surface area (Å²) < 4.78 is 6.30. The lowest BCUT2D eigenvalue weighted by molar-refractivity contribution is 0.413. The smallest absolute Gasteiger partial charge is 0.119 e. The predicted octanol–water partition coefficient (Wildman–Crippen LogP) is 5.62. The summed E-state index contributed by atoms with van der Waals surface area (Å²) in [6, 6.07) is 11.8. The molecule has 2 nitrogen and oxygen atoms in total. The van der Waals surface area contributed by atoms with Gasteiger partial charge in [0, 0.05) is 17.1 Å². The Morgan fingerprint density at radius 1 is 1.14 bits per heavy atom. The van der Waals surface area contributed by atoms with Gasteiger partial charge < -0.3 is 10.1 Å². The standard InChI is InChI=1S/C16H16BrCl2NO/c1-10(11-3-6-15(18)16(19)8-11)20-9-12-7-13(21-2)4-5-14(12)17/h3-8,10,20H,9H2,1-2H3. The van der Waals surface area contributed by atoms with Crippen molar-refractivity contribution >= 4 is 39.1 Å². The van der Waals surface area contributed by atoms with Crippen LogP contribution in [0.4, 0.5) is 0 Å². The molecule has 21 heavy (non-hydrogen) atoms. The number of nitrogens with one attached hydrogen (secondary N) is 1. The van der Waals surface area contributed by atoms with Gasteiger partial charge in [-0.1, -0.05) is 45.2 Å². The molecule has 0 saturated heterocycles. The fourth-order valence-corrected chi connectivity index (χ4v) is 2.67. The number of rotatable bonds is 5. The number of benzene rings is 2. The van der Waals surface area contributed by atoms with E-state index in [-0.39, 0.29) is 6.04 Å². The second-order valence-corrected chi connectivity index (χ2v) is 6.40. The molecule has 0 radical (unpaired) electrons. The van der Waals surface area contributed by atoms with E-state index in [4.69, 9.17) is 27.9 Å². The van der Waals surface area contributed by atoms with Gasteiger partial charge in [-0.05, 0) is 48.4 Å². The molecule has 0 fully saturated rings. The average Bonchev–Trinajstić information content (AvgIpc) is 2.49. The summed E-state index contributed by atoms with van der Waals surface area (Å²) in [5.74, 6) is 0.845. The minimum Gasteiger partial charge on any atom is -0.497 e. The van der Waals surface area contributed by atoms with Crippen LogP contribution in [0.2, 0.25) is 10.0 Å². The number of halogens is 3. The summed E-state index contributed by atoms with van der Waals surface area (Å²) >= 11 is 15.5. The second-order valence-electron chi connectivity index (χ2n) is 4.73.